The zero-order valence-corrected chi connectivity index (χ0v) is 12.2. The van der Waals surface area contributed by atoms with E-state index in [4.69, 9.17) is 10.5 Å². The Balaban J connectivity index is 2.63. The molecule has 0 unspecified atom stereocenters. The highest BCUT2D eigenvalue weighted by Crippen LogP contribution is 2.22. The van der Waals surface area contributed by atoms with E-state index in [-0.39, 0.29) is 5.41 Å². The van der Waals surface area contributed by atoms with Crippen LogP contribution in [0.2, 0.25) is 0 Å². The molecule has 0 radical (unpaired) electrons. The van der Waals surface area contributed by atoms with Gasteiger partial charge in [0.15, 0.2) is 0 Å². The maximum atomic E-state index is 5.78. The van der Waals surface area contributed by atoms with Gasteiger partial charge in [0.05, 0.1) is 6.61 Å². The lowest BCUT2D eigenvalue weighted by Gasteiger charge is -2.17. The van der Waals surface area contributed by atoms with Crippen molar-refractivity contribution in [3.05, 3.63) is 11.9 Å². The smallest absolute Gasteiger partial charge is 0.218 e. The number of hydrogen-bond acceptors (Lipinski definition) is 4. The number of nitrogens with two attached hydrogens (primary N) is 1. The quantitative estimate of drug-likeness (QED) is 0.816. The maximum Gasteiger partial charge on any atom is 0.218 e. The molecule has 1 aromatic rings. The number of anilines is 1. The van der Waals surface area contributed by atoms with Crippen molar-refractivity contribution in [1.82, 2.24) is 9.97 Å². The van der Waals surface area contributed by atoms with Crippen LogP contribution in [0.1, 0.15) is 53.3 Å². The molecule has 4 heteroatoms. The summed E-state index contributed by atoms with van der Waals surface area (Å²) in [4.78, 5) is 8.66. The number of ether oxygens (including phenoxy) is 1. The minimum Gasteiger partial charge on any atom is -0.478 e. The summed E-state index contributed by atoms with van der Waals surface area (Å²) in [5.41, 5.74) is 5.66. The summed E-state index contributed by atoms with van der Waals surface area (Å²) in [5, 5.41) is 0. The third-order valence-electron chi connectivity index (χ3n) is 2.57. The SMILES string of the molecule is CC(C)CCCOc1cc(N)nc(C(C)(C)C)n1. The number of nitrogens with zero attached hydrogens (tertiary/aromatic N) is 2. The number of nitrogen functional groups attached to an aromatic ring is 1. The normalized spacial score (nSPS) is 11.9. The van der Waals surface area contributed by atoms with E-state index in [2.05, 4.69) is 44.6 Å². The molecule has 0 spiro atoms. The van der Waals surface area contributed by atoms with Crippen LogP contribution < -0.4 is 10.5 Å². The van der Waals surface area contributed by atoms with Crippen molar-refractivity contribution in [3.63, 3.8) is 0 Å². The van der Waals surface area contributed by atoms with Gasteiger partial charge in [0.2, 0.25) is 5.88 Å². The van der Waals surface area contributed by atoms with Crippen LogP contribution in [0.3, 0.4) is 0 Å². The summed E-state index contributed by atoms with van der Waals surface area (Å²) < 4.78 is 5.64. The van der Waals surface area contributed by atoms with Gasteiger partial charge in [-0.15, -0.1) is 0 Å². The summed E-state index contributed by atoms with van der Waals surface area (Å²) in [5.74, 6) is 2.47. The Morgan fingerprint density at radius 1 is 1.28 bits per heavy atom. The average molecular weight is 251 g/mol. The summed E-state index contributed by atoms with van der Waals surface area (Å²) in [7, 11) is 0. The molecule has 18 heavy (non-hydrogen) atoms. The fourth-order valence-electron chi connectivity index (χ4n) is 1.52. The number of aromatic nitrogens is 2. The molecule has 0 fully saturated rings. The van der Waals surface area contributed by atoms with Gasteiger partial charge in [-0.05, 0) is 18.8 Å². The lowest BCUT2D eigenvalue weighted by molar-refractivity contribution is 0.284. The first-order valence-electron chi connectivity index (χ1n) is 6.57. The van der Waals surface area contributed by atoms with Crippen molar-refractivity contribution in [2.45, 2.75) is 52.9 Å². The largest absolute Gasteiger partial charge is 0.478 e. The molecule has 0 aliphatic heterocycles. The minimum absolute atomic E-state index is 0.120. The lowest BCUT2D eigenvalue weighted by atomic mass is 9.96. The molecule has 102 valence electrons. The van der Waals surface area contributed by atoms with Gasteiger partial charge >= 0.3 is 0 Å². The molecule has 0 amide bonds. The zero-order chi connectivity index (χ0) is 13.8. The van der Waals surface area contributed by atoms with E-state index in [0.29, 0.717) is 24.2 Å². The van der Waals surface area contributed by atoms with Gasteiger partial charge in [-0.25, -0.2) is 4.98 Å². The van der Waals surface area contributed by atoms with Gasteiger partial charge < -0.3 is 10.5 Å². The standard InChI is InChI=1S/C14H25N3O/c1-10(2)7-6-8-18-12-9-11(15)16-13(17-12)14(3,4)5/h9-10H,6-8H2,1-5H3,(H2,15,16,17). The second-order valence-electron chi connectivity index (χ2n) is 6.09. The maximum absolute atomic E-state index is 5.78. The van der Waals surface area contributed by atoms with Crippen molar-refractivity contribution in [1.29, 1.82) is 0 Å². The molecular weight excluding hydrogens is 226 g/mol. The van der Waals surface area contributed by atoms with Crippen molar-refractivity contribution in [2.75, 3.05) is 12.3 Å². The topological polar surface area (TPSA) is 61.0 Å². The summed E-state index contributed by atoms with van der Waals surface area (Å²) in [6, 6.07) is 1.69. The van der Waals surface area contributed by atoms with E-state index in [9.17, 15) is 0 Å². The third-order valence-corrected chi connectivity index (χ3v) is 2.57. The molecule has 4 nitrogen and oxygen atoms in total. The Kier molecular flexibility index (Phi) is 4.93. The molecule has 0 saturated carbocycles. The van der Waals surface area contributed by atoms with Crippen LogP contribution in [0.15, 0.2) is 6.07 Å². The molecule has 2 N–H and O–H groups in total. The highest BCUT2D eigenvalue weighted by Gasteiger charge is 2.19. The molecular formula is C14H25N3O. The van der Waals surface area contributed by atoms with Crippen LogP contribution in [-0.2, 0) is 5.41 Å². The Morgan fingerprint density at radius 3 is 2.50 bits per heavy atom. The van der Waals surface area contributed by atoms with Crippen LogP contribution in [0.25, 0.3) is 0 Å². The van der Waals surface area contributed by atoms with Gasteiger partial charge in [-0.2, -0.15) is 4.98 Å². The molecule has 1 aromatic heterocycles. The fourth-order valence-corrected chi connectivity index (χ4v) is 1.52. The lowest BCUT2D eigenvalue weighted by Crippen LogP contribution is -2.17. The first kappa shape index (κ1) is 14.7. The average Bonchev–Trinajstić information content (AvgIpc) is 2.22. The molecule has 0 aliphatic rings. The van der Waals surface area contributed by atoms with Crippen LogP contribution >= 0.6 is 0 Å². The van der Waals surface area contributed by atoms with E-state index in [1.54, 1.807) is 6.07 Å². The zero-order valence-electron chi connectivity index (χ0n) is 12.2. The van der Waals surface area contributed by atoms with Gasteiger partial charge in [0.25, 0.3) is 0 Å². The highest BCUT2D eigenvalue weighted by atomic mass is 16.5. The Bertz CT molecular complexity index is 383. The van der Waals surface area contributed by atoms with Crippen molar-refractivity contribution < 1.29 is 4.74 Å². The first-order valence-corrected chi connectivity index (χ1v) is 6.57. The van der Waals surface area contributed by atoms with E-state index in [1.807, 2.05) is 0 Å². The fraction of sp³-hybridized carbons (Fsp3) is 0.714. The summed E-state index contributed by atoms with van der Waals surface area (Å²) >= 11 is 0. The van der Waals surface area contributed by atoms with Gasteiger partial charge in [-0.1, -0.05) is 34.6 Å². The monoisotopic (exact) mass is 251 g/mol. The Labute approximate surface area is 110 Å². The van der Waals surface area contributed by atoms with E-state index >= 15 is 0 Å². The molecule has 1 heterocycles. The first-order chi connectivity index (χ1) is 8.29. The van der Waals surface area contributed by atoms with Crippen LogP contribution in [0.5, 0.6) is 5.88 Å². The number of hydrogen-bond donors (Lipinski definition) is 1. The summed E-state index contributed by atoms with van der Waals surface area (Å²) in [6.07, 6.45) is 2.19. The van der Waals surface area contributed by atoms with E-state index in [1.165, 1.54) is 0 Å². The van der Waals surface area contributed by atoms with Crippen molar-refractivity contribution in [2.24, 2.45) is 5.92 Å². The second-order valence-corrected chi connectivity index (χ2v) is 6.09. The predicted octanol–water partition coefficient (Wildman–Crippen LogP) is 3.17. The minimum atomic E-state index is -0.120. The highest BCUT2D eigenvalue weighted by molar-refractivity contribution is 5.34. The number of rotatable bonds is 5. The molecule has 0 saturated heterocycles. The molecule has 1 rings (SSSR count). The van der Waals surface area contributed by atoms with Gasteiger partial charge in [0, 0.05) is 11.5 Å². The third kappa shape index (κ3) is 4.90. The Hall–Kier alpha value is -1.32. The second kappa shape index (κ2) is 6.03. The van der Waals surface area contributed by atoms with E-state index < -0.39 is 0 Å². The van der Waals surface area contributed by atoms with Crippen molar-refractivity contribution >= 4 is 5.82 Å². The molecule has 0 atom stereocenters. The molecule has 0 bridgehead atoms. The Morgan fingerprint density at radius 2 is 1.94 bits per heavy atom. The predicted molar refractivity (Wildman–Crippen MR) is 74.7 cm³/mol. The van der Waals surface area contributed by atoms with E-state index in [0.717, 1.165) is 18.7 Å². The molecule has 0 aromatic carbocycles. The van der Waals surface area contributed by atoms with Crippen LogP contribution in [-0.4, -0.2) is 16.6 Å². The van der Waals surface area contributed by atoms with Gasteiger partial charge in [-0.3, -0.25) is 0 Å². The molecule has 0 aliphatic carbocycles. The summed E-state index contributed by atoms with van der Waals surface area (Å²) in [6.45, 7) is 11.3. The van der Waals surface area contributed by atoms with Gasteiger partial charge in [0.1, 0.15) is 11.6 Å². The van der Waals surface area contributed by atoms with Crippen LogP contribution in [0, 0.1) is 5.92 Å². The van der Waals surface area contributed by atoms with Crippen molar-refractivity contribution in [3.8, 4) is 5.88 Å². The van der Waals surface area contributed by atoms with Crippen LogP contribution in [0.4, 0.5) is 5.82 Å².